The van der Waals surface area contributed by atoms with Crippen LogP contribution in [0.25, 0.3) is 0 Å². The van der Waals surface area contributed by atoms with E-state index in [2.05, 4.69) is 56.2 Å². The Morgan fingerprint density at radius 3 is 1.67 bits per heavy atom. The SMILES string of the molecule is CC[C@@H](C)C(=O)N[C@H](C(=O)N1C[C@@H](NC(=O)CCCCCCCCC(=O)N[C@@H]2CC(C(=O)[C@@H](CC(=O)[C@H](C)NC)C(C)(C)C)[C@H](C(=O)N[C@@H]3CCCc4ccccc43)C2)C[C@H]1C(=O)N[C@@H]1CCCc2ccccc21)C(C)(C)C. The predicted molar refractivity (Wildman–Crippen MR) is 305 cm³/mol. The van der Waals surface area contributed by atoms with E-state index in [1.54, 1.807) is 18.9 Å². The zero-order valence-corrected chi connectivity index (χ0v) is 48.8. The molecule has 430 valence electrons. The standard InChI is InChI=1S/C63H95N7O8/c1-11-39(2)58(75)69-57(63(7,8)9)61(78)70-38-44(36-52(70)60(77)68-51-31-23-27-42-25-19-21-29-46(42)51)66-55(73)33-17-15-13-12-14-16-32-54(72)65-43-34-47(56(74)49(62(4,5)6)37-53(71)40(3)64-10)48(35-43)59(76)67-50-30-22-26-41-24-18-20-28-45(41)50/h18-21,24-25,28-29,39-40,43-44,47-52,57,64H,11-17,22-23,26-27,30-38H2,1-10H3,(H,65,72)(H,66,73)(H,67,76)(H,68,77)(H,69,75)/t39-,40+,43-,44+,47?,48-,49-,50-,51-,52+,57-/m1/s1. The summed E-state index contributed by atoms with van der Waals surface area (Å²) in [6.45, 7) is 17.3. The lowest BCUT2D eigenvalue weighted by atomic mass is 9.70. The van der Waals surface area contributed by atoms with Crippen molar-refractivity contribution in [3.05, 3.63) is 70.8 Å². The van der Waals surface area contributed by atoms with Crippen molar-refractivity contribution in [2.24, 2.45) is 34.5 Å². The molecule has 1 saturated carbocycles. The molecule has 15 nitrogen and oxygen atoms in total. The molecule has 0 bridgehead atoms. The lowest BCUT2D eigenvalue weighted by molar-refractivity contribution is -0.144. The number of Topliss-reactive ketones (excluding diaryl/α,β-unsaturated/α-hetero) is 2. The van der Waals surface area contributed by atoms with Crippen molar-refractivity contribution in [2.75, 3.05) is 13.6 Å². The number of amides is 6. The molecule has 1 unspecified atom stereocenters. The van der Waals surface area contributed by atoms with Crippen LogP contribution in [0.4, 0.5) is 0 Å². The number of nitrogens with one attached hydrogen (secondary N) is 6. The van der Waals surface area contributed by atoms with E-state index in [1.165, 1.54) is 11.1 Å². The number of fused-ring (bicyclic) bond motifs is 2. The molecule has 2 aromatic carbocycles. The normalized spacial score (nSPS) is 23.6. The highest BCUT2D eigenvalue weighted by molar-refractivity contribution is 5.96. The molecule has 1 heterocycles. The van der Waals surface area contributed by atoms with E-state index >= 15 is 0 Å². The highest BCUT2D eigenvalue weighted by atomic mass is 16.2. The third-order valence-electron chi connectivity index (χ3n) is 17.5. The Kier molecular flexibility index (Phi) is 22.3. The number of carbonyl (C=O) groups is 8. The van der Waals surface area contributed by atoms with E-state index in [-0.39, 0.29) is 90.4 Å². The summed E-state index contributed by atoms with van der Waals surface area (Å²) in [6, 6.07) is 13.1. The number of hydrogen-bond donors (Lipinski definition) is 6. The fourth-order valence-corrected chi connectivity index (χ4v) is 12.3. The smallest absolute Gasteiger partial charge is 0.246 e. The Hall–Kier alpha value is -5.44. The number of aryl methyl sites for hydroxylation is 2. The van der Waals surface area contributed by atoms with Gasteiger partial charge in [0.1, 0.15) is 23.7 Å². The number of benzene rings is 2. The van der Waals surface area contributed by atoms with Gasteiger partial charge < -0.3 is 36.8 Å². The first-order valence-electron chi connectivity index (χ1n) is 29.7. The topological polar surface area (TPSA) is 212 Å². The number of ketones is 2. The minimum Gasteiger partial charge on any atom is -0.353 e. The van der Waals surface area contributed by atoms with Gasteiger partial charge >= 0.3 is 0 Å². The maximum absolute atomic E-state index is 14.6. The number of carbonyl (C=O) groups excluding carboxylic acids is 8. The number of likely N-dealkylation sites (N-methyl/N-ethyl adjacent to an activating group) is 1. The van der Waals surface area contributed by atoms with Gasteiger partial charge in [0, 0.05) is 61.6 Å². The number of nitrogens with zero attached hydrogens (tertiary/aromatic N) is 1. The van der Waals surface area contributed by atoms with Crippen LogP contribution in [0.3, 0.4) is 0 Å². The molecule has 6 amide bonds. The second-order valence-electron chi connectivity index (χ2n) is 25.5. The van der Waals surface area contributed by atoms with E-state index in [0.29, 0.717) is 44.9 Å². The fraction of sp³-hybridized carbons (Fsp3) is 0.683. The molecular weight excluding hydrogens is 983 g/mol. The van der Waals surface area contributed by atoms with Crippen molar-refractivity contribution in [3.8, 4) is 0 Å². The summed E-state index contributed by atoms with van der Waals surface area (Å²) in [5.41, 5.74) is 3.49. The van der Waals surface area contributed by atoms with Crippen molar-refractivity contribution < 1.29 is 38.4 Å². The van der Waals surface area contributed by atoms with Crippen LogP contribution in [0, 0.1) is 34.5 Å². The van der Waals surface area contributed by atoms with Gasteiger partial charge in [-0.1, -0.05) is 130 Å². The minimum absolute atomic E-state index is 0.0457. The molecule has 0 aromatic heterocycles. The third-order valence-corrected chi connectivity index (χ3v) is 17.5. The molecule has 4 aliphatic rings. The lowest BCUT2D eigenvalue weighted by Crippen LogP contribution is -2.58. The molecule has 2 fully saturated rings. The van der Waals surface area contributed by atoms with Gasteiger partial charge in [-0.25, -0.2) is 0 Å². The van der Waals surface area contributed by atoms with Crippen LogP contribution in [0.2, 0.25) is 0 Å². The van der Waals surface area contributed by atoms with Crippen molar-refractivity contribution >= 4 is 47.0 Å². The predicted octanol–water partition coefficient (Wildman–Crippen LogP) is 8.47. The molecule has 15 heteroatoms. The summed E-state index contributed by atoms with van der Waals surface area (Å²) in [4.78, 5) is 113. The molecule has 0 spiro atoms. The highest BCUT2D eigenvalue weighted by Gasteiger charge is 2.49. The first-order chi connectivity index (χ1) is 37.0. The molecule has 0 radical (unpaired) electrons. The molecule has 2 aromatic rings. The molecule has 11 atom stereocenters. The summed E-state index contributed by atoms with van der Waals surface area (Å²) >= 11 is 0. The van der Waals surface area contributed by atoms with Crippen molar-refractivity contribution in [1.29, 1.82) is 0 Å². The van der Waals surface area contributed by atoms with Crippen LogP contribution in [0.15, 0.2) is 48.5 Å². The van der Waals surface area contributed by atoms with Crippen LogP contribution >= 0.6 is 0 Å². The van der Waals surface area contributed by atoms with Crippen LogP contribution < -0.4 is 31.9 Å². The molecule has 1 aliphatic heterocycles. The Morgan fingerprint density at radius 2 is 1.14 bits per heavy atom. The van der Waals surface area contributed by atoms with Gasteiger partial charge in [-0.15, -0.1) is 0 Å². The largest absolute Gasteiger partial charge is 0.353 e. The Bertz CT molecular complexity index is 2260. The van der Waals surface area contributed by atoms with E-state index < -0.39 is 52.8 Å². The summed E-state index contributed by atoms with van der Waals surface area (Å²) in [6.07, 6.45) is 12.5. The van der Waals surface area contributed by atoms with Crippen LogP contribution in [-0.4, -0.2) is 95.7 Å². The van der Waals surface area contributed by atoms with Crippen molar-refractivity contribution in [3.63, 3.8) is 0 Å². The van der Waals surface area contributed by atoms with E-state index in [1.807, 2.05) is 79.7 Å². The van der Waals surface area contributed by atoms with E-state index in [4.69, 9.17) is 0 Å². The van der Waals surface area contributed by atoms with Crippen LogP contribution in [0.5, 0.6) is 0 Å². The second kappa shape index (κ2) is 28.1. The third kappa shape index (κ3) is 16.6. The highest BCUT2D eigenvalue weighted by Crippen LogP contribution is 2.42. The summed E-state index contributed by atoms with van der Waals surface area (Å²) in [5.74, 6) is -3.48. The lowest BCUT2D eigenvalue weighted by Gasteiger charge is -2.36. The summed E-state index contributed by atoms with van der Waals surface area (Å²) < 4.78 is 0. The Morgan fingerprint density at radius 1 is 0.628 bits per heavy atom. The minimum atomic E-state index is -0.868. The summed E-state index contributed by atoms with van der Waals surface area (Å²) in [7, 11) is 1.73. The van der Waals surface area contributed by atoms with Gasteiger partial charge in [0.05, 0.1) is 18.1 Å². The maximum atomic E-state index is 14.6. The van der Waals surface area contributed by atoms with Gasteiger partial charge in [-0.05, 0) is 124 Å². The molecular formula is C63H95N7O8. The number of hydrogen-bond acceptors (Lipinski definition) is 9. The molecule has 6 N–H and O–H groups in total. The van der Waals surface area contributed by atoms with Gasteiger partial charge in [0.25, 0.3) is 0 Å². The molecule has 1 saturated heterocycles. The van der Waals surface area contributed by atoms with Crippen LogP contribution in [0.1, 0.15) is 206 Å². The van der Waals surface area contributed by atoms with Gasteiger partial charge in [-0.2, -0.15) is 0 Å². The Labute approximate surface area is 465 Å². The van der Waals surface area contributed by atoms with Gasteiger partial charge in [-0.3, -0.25) is 38.4 Å². The number of likely N-dealkylation sites (tertiary alicyclic amines) is 1. The van der Waals surface area contributed by atoms with Crippen molar-refractivity contribution in [1.82, 2.24) is 36.8 Å². The fourth-order valence-electron chi connectivity index (χ4n) is 12.3. The molecule has 3 aliphatic carbocycles. The maximum Gasteiger partial charge on any atom is 0.246 e. The number of unbranched alkanes of at least 4 members (excludes halogenated alkanes) is 5. The first kappa shape index (κ1) is 61.8. The molecule has 78 heavy (non-hydrogen) atoms. The zero-order chi connectivity index (χ0) is 56.9. The van der Waals surface area contributed by atoms with E-state index in [9.17, 15) is 38.4 Å². The molecule has 6 rings (SSSR count). The average Bonchev–Trinajstić information content (AvgIpc) is 4.11. The summed E-state index contributed by atoms with van der Waals surface area (Å²) in [5, 5.41) is 18.9. The van der Waals surface area contributed by atoms with Gasteiger partial charge in [0.2, 0.25) is 35.4 Å². The van der Waals surface area contributed by atoms with E-state index in [0.717, 1.165) is 75.3 Å². The zero-order valence-electron chi connectivity index (χ0n) is 48.8. The number of rotatable bonds is 25. The second-order valence-corrected chi connectivity index (χ2v) is 25.5. The monoisotopic (exact) mass is 1080 g/mol. The Balaban J connectivity index is 0.978. The first-order valence-corrected chi connectivity index (χ1v) is 29.7. The van der Waals surface area contributed by atoms with Crippen LogP contribution in [-0.2, 0) is 51.2 Å². The quantitative estimate of drug-likeness (QED) is 0.0526. The van der Waals surface area contributed by atoms with Crippen molar-refractivity contribution in [2.45, 2.75) is 227 Å². The average molecular weight is 1080 g/mol. The van der Waals surface area contributed by atoms with Gasteiger partial charge in [0.15, 0.2) is 0 Å².